The van der Waals surface area contributed by atoms with Crippen LogP contribution in [0.25, 0.3) is 0 Å². The molecular formula is C14H18FN7O. The molecule has 1 unspecified atom stereocenters. The number of nitrogen functional groups attached to an aromatic ring is 1. The summed E-state index contributed by atoms with van der Waals surface area (Å²) in [4.78, 5) is 12.3. The summed E-state index contributed by atoms with van der Waals surface area (Å²) in [5, 5.41) is 9.35. The van der Waals surface area contributed by atoms with Crippen LogP contribution in [0.4, 0.5) is 27.9 Å². The second-order valence-corrected chi connectivity index (χ2v) is 5.15. The van der Waals surface area contributed by atoms with Crippen LogP contribution in [0.3, 0.4) is 0 Å². The van der Waals surface area contributed by atoms with E-state index in [1.807, 2.05) is 0 Å². The Kier molecular flexibility index (Phi) is 4.38. The molecule has 1 aliphatic rings. The van der Waals surface area contributed by atoms with Gasteiger partial charge in [0.15, 0.2) is 11.6 Å². The smallest absolute Gasteiger partial charge is 0.233 e. The third-order valence-corrected chi connectivity index (χ3v) is 3.45. The lowest BCUT2D eigenvalue weighted by atomic mass is 10.3. The lowest BCUT2D eigenvalue weighted by Crippen LogP contribution is -2.24. The predicted octanol–water partition coefficient (Wildman–Crippen LogP) is 1.12. The molecule has 0 amide bonds. The normalized spacial score (nSPS) is 17.0. The molecule has 0 bridgehead atoms. The first-order valence-corrected chi connectivity index (χ1v) is 7.23. The highest BCUT2D eigenvalue weighted by molar-refractivity contribution is 5.56. The number of anilines is 4. The maximum absolute atomic E-state index is 13.7. The number of nitrogens with two attached hydrogens (primary N) is 1. The molecule has 5 N–H and O–H groups in total. The number of benzene rings is 1. The van der Waals surface area contributed by atoms with E-state index in [0.717, 1.165) is 19.5 Å². The van der Waals surface area contributed by atoms with Crippen LogP contribution in [0.5, 0.6) is 5.75 Å². The van der Waals surface area contributed by atoms with Crippen molar-refractivity contribution in [1.29, 1.82) is 0 Å². The van der Waals surface area contributed by atoms with Crippen molar-refractivity contribution in [3.8, 4) is 5.75 Å². The Balaban J connectivity index is 1.76. The first kappa shape index (κ1) is 15.2. The Morgan fingerprint density at radius 2 is 2.13 bits per heavy atom. The molecule has 1 aromatic carbocycles. The predicted molar refractivity (Wildman–Crippen MR) is 85.4 cm³/mol. The quantitative estimate of drug-likeness (QED) is 0.649. The van der Waals surface area contributed by atoms with E-state index >= 15 is 0 Å². The third kappa shape index (κ3) is 3.75. The van der Waals surface area contributed by atoms with Gasteiger partial charge in [0.25, 0.3) is 0 Å². The fraction of sp³-hybridized carbons (Fsp3) is 0.357. The molecule has 1 fully saturated rings. The maximum Gasteiger partial charge on any atom is 0.233 e. The van der Waals surface area contributed by atoms with E-state index in [4.69, 9.17) is 10.5 Å². The van der Waals surface area contributed by atoms with Gasteiger partial charge in [-0.25, -0.2) is 4.39 Å². The zero-order valence-corrected chi connectivity index (χ0v) is 12.6. The van der Waals surface area contributed by atoms with Gasteiger partial charge in [0.2, 0.25) is 17.8 Å². The van der Waals surface area contributed by atoms with Gasteiger partial charge in [-0.15, -0.1) is 0 Å². The van der Waals surface area contributed by atoms with Crippen molar-refractivity contribution >= 4 is 23.5 Å². The lowest BCUT2D eigenvalue weighted by molar-refractivity contribution is 0.386. The minimum atomic E-state index is -0.477. The summed E-state index contributed by atoms with van der Waals surface area (Å²) >= 11 is 0. The van der Waals surface area contributed by atoms with E-state index in [9.17, 15) is 4.39 Å². The van der Waals surface area contributed by atoms with Gasteiger partial charge in [-0.05, 0) is 25.1 Å². The third-order valence-electron chi connectivity index (χ3n) is 3.45. The molecule has 1 aromatic heterocycles. The largest absolute Gasteiger partial charge is 0.494 e. The van der Waals surface area contributed by atoms with Crippen molar-refractivity contribution in [1.82, 2.24) is 20.3 Å². The van der Waals surface area contributed by atoms with Crippen LogP contribution >= 0.6 is 0 Å². The Bertz CT molecular complexity index is 691. The second-order valence-electron chi connectivity index (χ2n) is 5.15. The molecule has 0 spiro atoms. The van der Waals surface area contributed by atoms with E-state index in [0.29, 0.717) is 11.6 Å². The highest BCUT2D eigenvalue weighted by Crippen LogP contribution is 2.23. The van der Waals surface area contributed by atoms with Crippen LogP contribution in [0, 0.1) is 5.82 Å². The maximum atomic E-state index is 13.7. The highest BCUT2D eigenvalue weighted by Gasteiger charge is 2.16. The lowest BCUT2D eigenvalue weighted by Gasteiger charge is -2.13. The van der Waals surface area contributed by atoms with Crippen molar-refractivity contribution in [3.05, 3.63) is 24.0 Å². The van der Waals surface area contributed by atoms with Crippen LogP contribution in [-0.2, 0) is 0 Å². The van der Waals surface area contributed by atoms with E-state index in [1.165, 1.54) is 19.2 Å². The summed E-state index contributed by atoms with van der Waals surface area (Å²) in [5.41, 5.74) is 6.20. The summed E-state index contributed by atoms with van der Waals surface area (Å²) in [7, 11) is 1.41. The number of hydrogen-bond acceptors (Lipinski definition) is 8. The number of rotatable bonds is 5. The zero-order valence-electron chi connectivity index (χ0n) is 12.6. The fourth-order valence-corrected chi connectivity index (χ4v) is 2.35. The van der Waals surface area contributed by atoms with Crippen molar-refractivity contribution in [2.45, 2.75) is 12.5 Å². The molecule has 2 heterocycles. The molecule has 1 aliphatic heterocycles. The Labute approximate surface area is 132 Å². The SMILES string of the molecule is COc1ccc(Nc2nc(N)nc(NC3CCNC3)n2)cc1F. The number of hydrogen-bond donors (Lipinski definition) is 4. The van der Waals surface area contributed by atoms with Gasteiger partial charge in [0, 0.05) is 24.3 Å². The Morgan fingerprint density at radius 1 is 1.30 bits per heavy atom. The molecule has 122 valence electrons. The van der Waals surface area contributed by atoms with E-state index in [1.54, 1.807) is 6.07 Å². The van der Waals surface area contributed by atoms with Crippen LogP contribution < -0.4 is 26.4 Å². The van der Waals surface area contributed by atoms with Crippen molar-refractivity contribution in [2.24, 2.45) is 0 Å². The van der Waals surface area contributed by atoms with Crippen LogP contribution in [-0.4, -0.2) is 41.2 Å². The molecule has 3 rings (SSSR count). The Morgan fingerprint density at radius 3 is 2.83 bits per heavy atom. The summed E-state index contributed by atoms with van der Waals surface area (Å²) in [6.45, 7) is 1.80. The van der Waals surface area contributed by atoms with E-state index < -0.39 is 5.82 Å². The number of methoxy groups -OCH3 is 1. The summed E-state index contributed by atoms with van der Waals surface area (Å²) in [6.07, 6.45) is 0.984. The molecule has 2 aromatic rings. The van der Waals surface area contributed by atoms with Crippen molar-refractivity contribution in [2.75, 3.05) is 36.6 Å². The van der Waals surface area contributed by atoms with Gasteiger partial charge in [0.05, 0.1) is 7.11 Å². The standard InChI is InChI=1S/C14H18FN7O/c1-23-11-3-2-8(6-10(11)15)18-13-20-12(16)21-14(22-13)19-9-4-5-17-7-9/h2-3,6,9,17H,4-5,7H2,1H3,(H4,16,18,19,20,21,22). The number of nitrogens with zero attached hydrogens (tertiary/aromatic N) is 3. The molecule has 9 heteroatoms. The number of nitrogens with one attached hydrogen (secondary N) is 3. The number of aromatic nitrogens is 3. The van der Waals surface area contributed by atoms with Crippen molar-refractivity contribution < 1.29 is 9.13 Å². The average molecular weight is 319 g/mol. The van der Waals surface area contributed by atoms with Gasteiger partial charge in [-0.2, -0.15) is 15.0 Å². The molecule has 8 nitrogen and oxygen atoms in total. The molecule has 1 saturated heterocycles. The first-order chi connectivity index (χ1) is 11.1. The van der Waals surface area contributed by atoms with Gasteiger partial charge in [0.1, 0.15) is 0 Å². The van der Waals surface area contributed by atoms with Crippen LogP contribution in [0.15, 0.2) is 18.2 Å². The minimum Gasteiger partial charge on any atom is -0.494 e. The van der Waals surface area contributed by atoms with Crippen molar-refractivity contribution in [3.63, 3.8) is 0 Å². The summed E-state index contributed by atoms with van der Waals surface area (Å²) in [6, 6.07) is 4.73. The Hall–Kier alpha value is -2.68. The zero-order chi connectivity index (χ0) is 16.2. The number of halogens is 1. The molecule has 0 aliphatic carbocycles. The summed E-state index contributed by atoms with van der Waals surface area (Å²) in [5.74, 6) is 0.417. The monoisotopic (exact) mass is 319 g/mol. The van der Waals surface area contributed by atoms with Gasteiger partial charge in [-0.1, -0.05) is 0 Å². The molecule has 23 heavy (non-hydrogen) atoms. The minimum absolute atomic E-state index is 0.0879. The topological polar surface area (TPSA) is 110 Å². The van der Waals surface area contributed by atoms with Crippen LogP contribution in [0.2, 0.25) is 0 Å². The van der Waals surface area contributed by atoms with Gasteiger partial charge < -0.3 is 26.4 Å². The van der Waals surface area contributed by atoms with Gasteiger partial charge >= 0.3 is 0 Å². The molecular weight excluding hydrogens is 301 g/mol. The molecule has 0 radical (unpaired) electrons. The number of ether oxygens (including phenoxy) is 1. The fourth-order valence-electron chi connectivity index (χ4n) is 2.35. The highest BCUT2D eigenvalue weighted by atomic mass is 19.1. The van der Waals surface area contributed by atoms with E-state index in [2.05, 4.69) is 30.9 Å². The second kappa shape index (κ2) is 6.61. The first-order valence-electron chi connectivity index (χ1n) is 7.23. The summed E-state index contributed by atoms with van der Waals surface area (Å²) < 4.78 is 18.6. The van der Waals surface area contributed by atoms with Gasteiger partial charge in [-0.3, -0.25) is 0 Å². The van der Waals surface area contributed by atoms with Crippen LogP contribution in [0.1, 0.15) is 6.42 Å². The van der Waals surface area contributed by atoms with E-state index in [-0.39, 0.29) is 23.7 Å². The average Bonchev–Trinajstić information content (AvgIpc) is 2.99. The molecule has 0 saturated carbocycles. The molecule has 1 atom stereocenters.